The number of hydrogen-bond acceptors (Lipinski definition) is 5. The number of halogens is 1. The number of anilines is 1. The molecule has 0 fully saturated rings. The standard InChI is InChI=1S/C19H14ClN5O3/c20-15-6-4-12(5-7-15)11-25-9-8-16(23-25)21-18(26)14-3-1-2-13(10-14)17-22-19(27)28-24-17/h1-10H,11H2,(H,21,23,26)(H,22,24,27). The summed E-state index contributed by atoms with van der Waals surface area (Å²) in [5, 5.41) is 11.4. The summed E-state index contributed by atoms with van der Waals surface area (Å²) in [4.78, 5) is 26.1. The fourth-order valence-corrected chi connectivity index (χ4v) is 2.77. The minimum absolute atomic E-state index is 0.256. The van der Waals surface area contributed by atoms with Gasteiger partial charge in [-0.25, -0.2) is 4.79 Å². The second kappa shape index (κ2) is 7.53. The maximum atomic E-state index is 12.5. The topological polar surface area (TPSA) is 106 Å². The van der Waals surface area contributed by atoms with Crippen molar-refractivity contribution >= 4 is 23.3 Å². The van der Waals surface area contributed by atoms with Gasteiger partial charge in [-0.3, -0.25) is 19.0 Å². The lowest BCUT2D eigenvalue weighted by Crippen LogP contribution is -2.13. The number of aromatic amines is 1. The number of nitrogens with one attached hydrogen (secondary N) is 2. The first-order valence-corrected chi connectivity index (χ1v) is 8.70. The summed E-state index contributed by atoms with van der Waals surface area (Å²) in [7, 11) is 0. The molecule has 28 heavy (non-hydrogen) atoms. The maximum Gasteiger partial charge on any atom is 0.439 e. The predicted octanol–water partition coefficient (Wildman–Crippen LogP) is 3.18. The summed E-state index contributed by atoms with van der Waals surface area (Å²) in [6.45, 7) is 0.558. The third kappa shape index (κ3) is 4.02. The monoisotopic (exact) mass is 395 g/mol. The molecule has 2 aromatic heterocycles. The van der Waals surface area contributed by atoms with E-state index in [-0.39, 0.29) is 11.7 Å². The summed E-state index contributed by atoms with van der Waals surface area (Å²) < 4.78 is 6.21. The van der Waals surface area contributed by atoms with Crippen LogP contribution in [0.25, 0.3) is 11.4 Å². The van der Waals surface area contributed by atoms with Crippen LogP contribution < -0.4 is 11.1 Å². The molecule has 8 nitrogen and oxygen atoms in total. The van der Waals surface area contributed by atoms with Gasteiger partial charge in [0.2, 0.25) is 0 Å². The molecule has 0 saturated carbocycles. The highest BCUT2D eigenvalue weighted by atomic mass is 35.5. The Hall–Kier alpha value is -3.65. The van der Waals surface area contributed by atoms with Crippen molar-refractivity contribution in [1.82, 2.24) is 19.9 Å². The van der Waals surface area contributed by atoms with E-state index < -0.39 is 5.76 Å². The van der Waals surface area contributed by atoms with E-state index >= 15 is 0 Å². The summed E-state index contributed by atoms with van der Waals surface area (Å²) in [5.41, 5.74) is 2.00. The molecule has 2 aromatic carbocycles. The Morgan fingerprint density at radius 3 is 2.75 bits per heavy atom. The van der Waals surface area contributed by atoms with Gasteiger partial charge in [0.15, 0.2) is 11.6 Å². The average molecular weight is 396 g/mol. The van der Waals surface area contributed by atoms with Gasteiger partial charge in [-0.05, 0) is 29.8 Å². The number of carbonyl (C=O) groups excluding carboxylic acids is 1. The Kier molecular flexibility index (Phi) is 4.77. The van der Waals surface area contributed by atoms with Crippen molar-refractivity contribution < 1.29 is 9.32 Å². The number of aromatic nitrogens is 4. The fraction of sp³-hybridized carbons (Fsp3) is 0.0526. The first kappa shape index (κ1) is 17.7. The van der Waals surface area contributed by atoms with Crippen LogP contribution in [0.15, 0.2) is 70.1 Å². The van der Waals surface area contributed by atoms with Gasteiger partial charge in [-0.15, -0.1) is 0 Å². The normalized spacial score (nSPS) is 10.8. The lowest BCUT2D eigenvalue weighted by molar-refractivity contribution is 0.102. The van der Waals surface area contributed by atoms with Crippen LogP contribution in [0.4, 0.5) is 5.82 Å². The summed E-state index contributed by atoms with van der Waals surface area (Å²) >= 11 is 5.89. The number of nitrogens with zero attached hydrogens (tertiary/aromatic N) is 3. The van der Waals surface area contributed by atoms with Crippen LogP contribution in [0, 0.1) is 0 Å². The highest BCUT2D eigenvalue weighted by Gasteiger charge is 2.11. The third-order valence-electron chi connectivity index (χ3n) is 3.98. The van der Waals surface area contributed by atoms with E-state index in [0.29, 0.717) is 28.5 Å². The molecular formula is C19H14ClN5O3. The Morgan fingerprint density at radius 1 is 1.18 bits per heavy atom. The van der Waals surface area contributed by atoms with E-state index in [1.165, 1.54) is 0 Å². The Bertz CT molecular complexity index is 1180. The van der Waals surface area contributed by atoms with E-state index in [0.717, 1.165) is 5.56 Å². The molecule has 1 amide bonds. The second-order valence-electron chi connectivity index (χ2n) is 6.00. The third-order valence-corrected chi connectivity index (χ3v) is 4.23. The molecular weight excluding hydrogens is 382 g/mol. The summed E-state index contributed by atoms with van der Waals surface area (Å²) in [5.74, 6) is -0.299. The van der Waals surface area contributed by atoms with Gasteiger partial charge < -0.3 is 5.32 Å². The summed E-state index contributed by atoms with van der Waals surface area (Å²) in [6.07, 6.45) is 1.78. The quantitative estimate of drug-likeness (QED) is 0.539. The van der Waals surface area contributed by atoms with Crippen LogP contribution >= 0.6 is 11.6 Å². The van der Waals surface area contributed by atoms with Crippen LogP contribution in [0.2, 0.25) is 5.02 Å². The Morgan fingerprint density at radius 2 is 2.00 bits per heavy atom. The van der Waals surface area contributed by atoms with Crippen LogP contribution in [0.5, 0.6) is 0 Å². The number of amides is 1. The van der Waals surface area contributed by atoms with Crippen molar-refractivity contribution in [2.24, 2.45) is 0 Å². The zero-order valence-electron chi connectivity index (χ0n) is 14.4. The average Bonchev–Trinajstić information content (AvgIpc) is 3.33. The molecule has 0 bridgehead atoms. The van der Waals surface area contributed by atoms with Crippen LogP contribution in [-0.2, 0) is 6.54 Å². The Balaban J connectivity index is 1.46. The van der Waals surface area contributed by atoms with Crippen LogP contribution in [-0.4, -0.2) is 25.8 Å². The number of rotatable bonds is 5. The van der Waals surface area contributed by atoms with Crippen molar-refractivity contribution in [2.75, 3.05) is 5.32 Å². The van der Waals surface area contributed by atoms with Crippen molar-refractivity contribution in [3.63, 3.8) is 0 Å². The van der Waals surface area contributed by atoms with Gasteiger partial charge in [-0.1, -0.05) is 41.0 Å². The van der Waals surface area contributed by atoms with E-state index in [1.807, 2.05) is 24.3 Å². The molecule has 0 aliphatic rings. The minimum atomic E-state index is -0.656. The molecule has 4 rings (SSSR count). The fourth-order valence-electron chi connectivity index (χ4n) is 2.64. The summed E-state index contributed by atoms with van der Waals surface area (Å²) in [6, 6.07) is 15.9. The number of H-pyrrole nitrogens is 1. The molecule has 2 N–H and O–H groups in total. The molecule has 0 unspecified atom stereocenters. The van der Waals surface area contributed by atoms with Gasteiger partial charge in [-0.2, -0.15) is 5.10 Å². The largest absolute Gasteiger partial charge is 0.439 e. The van der Waals surface area contributed by atoms with Crippen molar-refractivity contribution in [1.29, 1.82) is 0 Å². The van der Waals surface area contributed by atoms with Crippen LogP contribution in [0.3, 0.4) is 0 Å². The lowest BCUT2D eigenvalue weighted by Gasteiger charge is -2.04. The Labute approximate surface area is 163 Å². The lowest BCUT2D eigenvalue weighted by atomic mass is 10.1. The number of hydrogen-bond donors (Lipinski definition) is 2. The molecule has 4 aromatic rings. The van der Waals surface area contributed by atoms with Crippen molar-refractivity contribution in [3.05, 3.63) is 87.5 Å². The van der Waals surface area contributed by atoms with Gasteiger partial charge in [0, 0.05) is 28.4 Å². The van der Waals surface area contributed by atoms with Gasteiger partial charge >= 0.3 is 5.76 Å². The molecule has 0 atom stereocenters. The first-order chi connectivity index (χ1) is 13.6. The van der Waals surface area contributed by atoms with Crippen molar-refractivity contribution in [3.8, 4) is 11.4 Å². The molecule has 0 spiro atoms. The molecule has 0 aliphatic heterocycles. The number of benzene rings is 2. The second-order valence-corrected chi connectivity index (χ2v) is 6.44. The minimum Gasteiger partial charge on any atom is -0.305 e. The number of carbonyl (C=O) groups is 1. The zero-order chi connectivity index (χ0) is 19.5. The molecule has 0 saturated heterocycles. The maximum absolute atomic E-state index is 12.5. The van der Waals surface area contributed by atoms with E-state index in [2.05, 4.69) is 25.1 Å². The predicted molar refractivity (Wildman–Crippen MR) is 103 cm³/mol. The van der Waals surface area contributed by atoms with Crippen molar-refractivity contribution in [2.45, 2.75) is 6.54 Å². The van der Waals surface area contributed by atoms with Crippen LogP contribution in [0.1, 0.15) is 15.9 Å². The molecule has 9 heteroatoms. The van der Waals surface area contributed by atoms with E-state index in [1.54, 1.807) is 41.2 Å². The highest BCUT2D eigenvalue weighted by molar-refractivity contribution is 6.30. The molecule has 2 heterocycles. The molecule has 140 valence electrons. The highest BCUT2D eigenvalue weighted by Crippen LogP contribution is 2.16. The zero-order valence-corrected chi connectivity index (χ0v) is 15.2. The van der Waals surface area contributed by atoms with E-state index in [9.17, 15) is 9.59 Å². The molecule has 0 radical (unpaired) electrons. The smallest absolute Gasteiger partial charge is 0.305 e. The SMILES string of the molecule is O=C(Nc1ccn(Cc2ccc(Cl)cc2)n1)c1cccc(-c2noc(=O)[nH]2)c1. The van der Waals surface area contributed by atoms with Gasteiger partial charge in [0.25, 0.3) is 5.91 Å². The first-order valence-electron chi connectivity index (χ1n) is 8.32. The van der Waals surface area contributed by atoms with Gasteiger partial charge in [0.1, 0.15) is 0 Å². The molecule has 0 aliphatic carbocycles. The van der Waals surface area contributed by atoms with Gasteiger partial charge in [0.05, 0.1) is 6.54 Å². The van der Waals surface area contributed by atoms with E-state index in [4.69, 9.17) is 11.6 Å².